The predicted molar refractivity (Wildman–Crippen MR) is 67.4 cm³/mol. The summed E-state index contributed by atoms with van der Waals surface area (Å²) in [6, 6.07) is 6.41. The van der Waals surface area contributed by atoms with Crippen molar-refractivity contribution in [3.05, 3.63) is 23.8 Å². The van der Waals surface area contributed by atoms with E-state index >= 15 is 0 Å². The molecule has 0 aliphatic heterocycles. The van der Waals surface area contributed by atoms with Gasteiger partial charge in [0.15, 0.2) is 0 Å². The first-order chi connectivity index (χ1) is 6.77. The number of hydrogen-bond acceptors (Lipinski definition) is 3. The molecule has 2 N–H and O–H groups in total. The highest BCUT2D eigenvalue weighted by Gasteiger charge is 2.10. The van der Waals surface area contributed by atoms with Crippen molar-refractivity contribution in [1.82, 2.24) is 0 Å². The molecule has 0 fully saturated rings. The van der Waals surface area contributed by atoms with Crippen molar-refractivity contribution in [2.45, 2.75) is 18.2 Å². The van der Waals surface area contributed by atoms with Gasteiger partial charge in [-0.15, -0.1) is 23.1 Å². The topological polar surface area (TPSA) is 26.0 Å². The number of thioether (sulfide) groups is 1. The first kappa shape index (κ1) is 9.87. The minimum atomic E-state index is 0.976. The molecule has 2 aromatic rings. The zero-order chi connectivity index (χ0) is 10.1. The second-order valence-corrected chi connectivity index (χ2v) is 5.06. The maximum absolute atomic E-state index is 6.00. The standard InChI is InChI=1S/C11H13NS2/c1-3-7-10-8(13-2)5-4-6-9(10)14-11(7)12/h4-6H,3,12H2,1-2H3. The molecule has 0 aliphatic rings. The lowest BCUT2D eigenvalue weighted by Crippen LogP contribution is -1.86. The lowest BCUT2D eigenvalue weighted by Gasteiger charge is -2.01. The highest BCUT2D eigenvalue weighted by atomic mass is 32.2. The summed E-state index contributed by atoms with van der Waals surface area (Å²) in [5, 5.41) is 2.34. The molecule has 0 bridgehead atoms. The van der Waals surface area contributed by atoms with E-state index < -0.39 is 0 Å². The lowest BCUT2D eigenvalue weighted by molar-refractivity contribution is 1.17. The average Bonchev–Trinajstić information content (AvgIpc) is 2.52. The Morgan fingerprint density at radius 2 is 2.21 bits per heavy atom. The van der Waals surface area contributed by atoms with Gasteiger partial charge in [-0.2, -0.15) is 0 Å². The third-order valence-electron chi connectivity index (χ3n) is 2.38. The molecule has 0 aliphatic carbocycles. The van der Waals surface area contributed by atoms with Crippen molar-refractivity contribution < 1.29 is 0 Å². The monoisotopic (exact) mass is 223 g/mol. The average molecular weight is 223 g/mol. The summed E-state index contributed by atoms with van der Waals surface area (Å²) < 4.78 is 1.31. The molecule has 3 heteroatoms. The van der Waals surface area contributed by atoms with E-state index in [4.69, 9.17) is 5.73 Å². The molecule has 2 rings (SSSR count). The van der Waals surface area contributed by atoms with Crippen LogP contribution in [0.3, 0.4) is 0 Å². The number of hydrogen-bond donors (Lipinski definition) is 1. The Labute approximate surface area is 92.3 Å². The van der Waals surface area contributed by atoms with Gasteiger partial charge in [0.2, 0.25) is 0 Å². The third kappa shape index (κ3) is 1.41. The first-order valence-corrected chi connectivity index (χ1v) is 6.66. The van der Waals surface area contributed by atoms with Crippen LogP contribution < -0.4 is 5.73 Å². The van der Waals surface area contributed by atoms with Crippen LogP contribution in [0.15, 0.2) is 23.1 Å². The summed E-state index contributed by atoms with van der Waals surface area (Å²) in [7, 11) is 0. The van der Waals surface area contributed by atoms with Gasteiger partial charge in [-0.25, -0.2) is 0 Å². The van der Waals surface area contributed by atoms with Crippen LogP contribution in [-0.2, 0) is 6.42 Å². The van der Waals surface area contributed by atoms with E-state index in [1.807, 2.05) is 0 Å². The largest absolute Gasteiger partial charge is 0.390 e. The number of aryl methyl sites for hydroxylation is 1. The van der Waals surface area contributed by atoms with Crippen LogP contribution >= 0.6 is 23.1 Å². The van der Waals surface area contributed by atoms with E-state index in [0.717, 1.165) is 11.4 Å². The Morgan fingerprint density at radius 1 is 1.43 bits per heavy atom. The van der Waals surface area contributed by atoms with Crippen LogP contribution in [0.1, 0.15) is 12.5 Å². The maximum atomic E-state index is 6.00. The maximum Gasteiger partial charge on any atom is 0.0901 e. The van der Waals surface area contributed by atoms with E-state index in [2.05, 4.69) is 31.4 Å². The predicted octanol–water partition coefficient (Wildman–Crippen LogP) is 3.77. The summed E-state index contributed by atoms with van der Waals surface area (Å²) in [5.41, 5.74) is 7.31. The molecule has 0 spiro atoms. The molecule has 1 heterocycles. The molecule has 1 aromatic carbocycles. The van der Waals surface area contributed by atoms with E-state index in [1.54, 1.807) is 23.1 Å². The number of fused-ring (bicyclic) bond motifs is 1. The number of benzene rings is 1. The quantitative estimate of drug-likeness (QED) is 0.784. The third-order valence-corrected chi connectivity index (χ3v) is 4.19. The van der Waals surface area contributed by atoms with Crippen molar-refractivity contribution in [3.63, 3.8) is 0 Å². The minimum Gasteiger partial charge on any atom is -0.390 e. The molecule has 0 atom stereocenters. The second kappa shape index (κ2) is 3.83. The van der Waals surface area contributed by atoms with Gasteiger partial charge in [-0.05, 0) is 30.4 Å². The van der Waals surface area contributed by atoms with Gasteiger partial charge in [0.25, 0.3) is 0 Å². The van der Waals surface area contributed by atoms with Crippen LogP contribution in [0.2, 0.25) is 0 Å². The lowest BCUT2D eigenvalue weighted by atomic mass is 10.1. The Morgan fingerprint density at radius 3 is 2.86 bits per heavy atom. The zero-order valence-corrected chi connectivity index (χ0v) is 9.97. The van der Waals surface area contributed by atoms with Crippen LogP contribution in [-0.4, -0.2) is 6.26 Å². The number of rotatable bonds is 2. The minimum absolute atomic E-state index is 0.976. The molecular weight excluding hydrogens is 210 g/mol. The van der Waals surface area contributed by atoms with Gasteiger partial charge < -0.3 is 5.73 Å². The molecule has 0 unspecified atom stereocenters. The first-order valence-electron chi connectivity index (χ1n) is 4.61. The van der Waals surface area contributed by atoms with E-state index in [0.29, 0.717) is 0 Å². The van der Waals surface area contributed by atoms with Gasteiger partial charge in [0, 0.05) is 15.0 Å². The second-order valence-electron chi connectivity index (χ2n) is 3.13. The smallest absolute Gasteiger partial charge is 0.0901 e. The van der Waals surface area contributed by atoms with Gasteiger partial charge in [-0.3, -0.25) is 0 Å². The van der Waals surface area contributed by atoms with Gasteiger partial charge >= 0.3 is 0 Å². The Balaban J connectivity index is 2.82. The van der Waals surface area contributed by atoms with Crippen LogP contribution in [0.5, 0.6) is 0 Å². The van der Waals surface area contributed by atoms with E-state index in [-0.39, 0.29) is 0 Å². The number of nitrogen functional groups attached to an aromatic ring is 1. The van der Waals surface area contributed by atoms with E-state index in [1.165, 1.54) is 20.5 Å². The SMILES string of the molecule is CCc1c(N)sc2cccc(SC)c12. The van der Waals surface area contributed by atoms with Crippen LogP contribution in [0, 0.1) is 0 Å². The van der Waals surface area contributed by atoms with Crippen molar-refractivity contribution in [2.75, 3.05) is 12.0 Å². The fraction of sp³-hybridized carbons (Fsp3) is 0.273. The molecule has 0 radical (unpaired) electrons. The Kier molecular flexibility index (Phi) is 2.70. The number of thiophene rings is 1. The normalized spacial score (nSPS) is 11.0. The summed E-state index contributed by atoms with van der Waals surface area (Å²) in [6.07, 6.45) is 3.13. The number of anilines is 1. The van der Waals surface area contributed by atoms with E-state index in [9.17, 15) is 0 Å². The molecule has 1 aromatic heterocycles. The van der Waals surface area contributed by atoms with Crippen molar-refractivity contribution in [2.24, 2.45) is 0 Å². The number of nitrogens with two attached hydrogens (primary N) is 1. The highest BCUT2D eigenvalue weighted by molar-refractivity contribution is 7.98. The van der Waals surface area contributed by atoms with Gasteiger partial charge in [0.05, 0.1) is 5.00 Å². The Hall–Kier alpha value is -0.670. The molecule has 74 valence electrons. The molecule has 14 heavy (non-hydrogen) atoms. The fourth-order valence-corrected chi connectivity index (χ4v) is 3.52. The summed E-state index contributed by atoms with van der Waals surface area (Å²) in [4.78, 5) is 1.34. The Bertz CT molecular complexity index is 460. The van der Waals surface area contributed by atoms with Crippen LogP contribution in [0.4, 0.5) is 5.00 Å². The highest BCUT2D eigenvalue weighted by Crippen LogP contribution is 2.38. The summed E-state index contributed by atoms with van der Waals surface area (Å²) in [5.74, 6) is 0. The van der Waals surface area contributed by atoms with Crippen molar-refractivity contribution >= 4 is 38.2 Å². The fourth-order valence-electron chi connectivity index (χ4n) is 1.72. The summed E-state index contributed by atoms with van der Waals surface area (Å²) >= 11 is 3.49. The molecule has 1 nitrogen and oxygen atoms in total. The zero-order valence-electron chi connectivity index (χ0n) is 8.33. The molecule has 0 saturated carbocycles. The van der Waals surface area contributed by atoms with Gasteiger partial charge in [0.1, 0.15) is 0 Å². The van der Waals surface area contributed by atoms with Crippen LogP contribution in [0.25, 0.3) is 10.1 Å². The molecular formula is C11H13NS2. The van der Waals surface area contributed by atoms with Crippen molar-refractivity contribution in [1.29, 1.82) is 0 Å². The summed E-state index contributed by atoms with van der Waals surface area (Å²) in [6.45, 7) is 2.16. The van der Waals surface area contributed by atoms with Crippen molar-refractivity contribution in [3.8, 4) is 0 Å². The molecule has 0 amide bonds. The molecule has 0 saturated heterocycles. The van der Waals surface area contributed by atoms with Gasteiger partial charge in [-0.1, -0.05) is 13.0 Å².